The minimum atomic E-state index is -0.0912. The van der Waals surface area contributed by atoms with Crippen LogP contribution in [0.25, 0.3) is 5.47 Å². The highest BCUT2D eigenvalue weighted by Gasteiger charge is 2.03. The Morgan fingerprint density at radius 3 is 2.55 bits per heavy atom. The molecule has 1 aromatic rings. The number of allylic oxidation sites excluding steroid dienone is 1. The third-order valence-corrected chi connectivity index (χ3v) is 2.64. The van der Waals surface area contributed by atoms with Gasteiger partial charge in [-0.05, 0) is 35.7 Å². The first-order chi connectivity index (χ1) is 5.13. The lowest BCUT2D eigenvalue weighted by molar-refractivity contribution is 0.646. The van der Waals surface area contributed by atoms with E-state index in [1.165, 1.54) is 6.92 Å². The summed E-state index contributed by atoms with van der Waals surface area (Å²) in [6.07, 6.45) is 0. The van der Waals surface area contributed by atoms with E-state index in [-0.39, 0.29) is 5.83 Å². The summed E-state index contributed by atoms with van der Waals surface area (Å²) in [5, 5.41) is 4.01. The van der Waals surface area contributed by atoms with Crippen LogP contribution in [0.2, 0.25) is 0 Å². The van der Waals surface area contributed by atoms with Crippen LogP contribution in [-0.4, -0.2) is 7.85 Å². The molecule has 11 heavy (non-hydrogen) atoms. The van der Waals surface area contributed by atoms with E-state index in [4.69, 9.17) is 0 Å². The van der Waals surface area contributed by atoms with Crippen molar-refractivity contribution < 1.29 is 4.39 Å². The lowest BCUT2D eigenvalue weighted by Crippen LogP contribution is -1.84. The van der Waals surface area contributed by atoms with Gasteiger partial charge in [0.2, 0.25) is 0 Å². The molecule has 3 heteroatoms. The van der Waals surface area contributed by atoms with Crippen molar-refractivity contribution in [3.63, 3.8) is 0 Å². The highest BCUT2D eigenvalue weighted by molar-refractivity contribution is 7.08. The molecule has 1 aromatic heterocycles. The summed E-state index contributed by atoms with van der Waals surface area (Å²) in [5.41, 5.74) is 2.95. The highest BCUT2D eigenvalue weighted by Crippen LogP contribution is 2.23. The van der Waals surface area contributed by atoms with Crippen molar-refractivity contribution in [2.24, 2.45) is 0 Å². The maximum absolute atomic E-state index is 12.7. The summed E-state index contributed by atoms with van der Waals surface area (Å²) in [7, 11) is 1.81. The van der Waals surface area contributed by atoms with Crippen LogP contribution >= 0.6 is 11.3 Å². The topological polar surface area (TPSA) is 0 Å². The van der Waals surface area contributed by atoms with Crippen LogP contribution < -0.4 is 0 Å². The van der Waals surface area contributed by atoms with Crippen LogP contribution in [0.3, 0.4) is 0 Å². The molecule has 0 bridgehead atoms. The van der Waals surface area contributed by atoms with Gasteiger partial charge in [0.05, 0.1) is 5.83 Å². The Kier molecular flexibility index (Phi) is 2.50. The van der Waals surface area contributed by atoms with Gasteiger partial charge >= 0.3 is 0 Å². The minimum absolute atomic E-state index is 0.0912. The zero-order valence-electron chi connectivity index (χ0n) is 6.94. The van der Waals surface area contributed by atoms with Crippen molar-refractivity contribution in [3.05, 3.63) is 27.7 Å². The largest absolute Gasteiger partial charge is 0.213 e. The van der Waals surface area contributed by atoms with Gasteiger partial charge in [-0.2, -0.15) is 11.3 Å². The second kappa shape index (κ2) is 3.22. The monoisotopic (exact) mass is 168 g/mol. The van der Waals surface area contributed by atoms with Crippen molar-refractivity contribution in [3.8, 4) is 0 Å². The fraction of sp³-hybridized carbons (Fsp3) is 0.250. The van der Waals surface area contributed by atoms with Gasteiger partial charge in [0.25, 0.3) is 0 Å². The average molecular weight is 168 g/mol. The first-order valence-electron chi connectivity index (χ1n) is 3.49. The molecule has 0 fully saturated rings. The Bertz CT molecular complexity index is 284. The molecule has 1 rings (SSSR count). The number of hydrogen-bond acceptors (Lipinski definition) is 1. The molecule has 58 valence electrons. The normalized spacial score (nSPS) is 13.0. The number of aryl methyl sites for hydroxylation is 1. The quantitative estimate of drug-likeness (QED) is 0.564. The first kappa shape index (κ1) is 8.53. The molecule has 0 aliphatic carbocycles. The SMILES string of the molecule is B/C(=C(/C)F)c1cscc1C. The van der Waals surface area contributed by atoms with Crippen molar-refractivity contribution in [2.45, 2.75) is 13.8 Å². The summed E-state index contributed by atoms with van der Waals surface area (Å²) >= 11 is 1.61. The fourth-order valence-electron chi connectivity index (χ4n) is 0.930. The fourth-order valence-corrected chi connectivity index (χ4v) is 1.83. The van der Waals surface area contributed by atoms with E-state index in [2.05, 4.69) is 0 Å². The zero-order chi connectivity index (χ0) is 8.43. The Balaban J connectivity index is 3.12. The van der Waals surface area contributed by atoms with Crippen molar-refractivity contribution in [1.82, 2.24) is 0 Å². The summed E-state index contributed by atoms with van der Waals surface area (Å²) in [6.45, 7) is 3.49. The Labute approximate surface area is 71.2 Å². The smallest absolute Gasteiger partial charge is 0.143 e. The standard InChI is InChI=1S/C8H10BFS/c1-5-3-11-4-7(5)8(9)6(2)10/h3-4H,9H2,1-2H3/b8-6-. The van der Waals surface area contributed by atoms with Gasteiger partial charge in [0, 0.05) is 0 Å². The van der Waals surface area contributed by atoms with Gasteiger partial charge in [0.1, 0.15) is 7.85 Å². The van der Waals surface area contributed by atoms with Crippen LogP contribution in [0.4, 0.5) is 4.39 Å². The van der Waals surface area contributed by atoms with Gasteiger partial charge in [0.15, 0.2) is 0 Å². The van der Waals surface area contributed by atoms with Gasteiger partial charge in [-0.25, -0.2) is 4.39 Å². The van der Waals surface area contributed by atoms with E-state index in [1.807, 2.05) is 25.5 Å². The van der Waals surface area contributed by atoms with Crippen molar-refractivity contribution >= 4 is 24.7 Å². The number of thiophene rings is 1. The van der Waals surface area contributed by atoms with Crippen LogP contribution in [-0.2, 0) is 0 Å². The molecule has 1 heterocycles. The van der Waals surface area contributed by atoms with Gasteiger partial charge in [-0.1, -0.05) is 5.47 Å². The molecule has 0 radical (unpaired) electrons. The van der Waals surface area contributed by atoms with Crippen LogP contribution in [0.1, 0.15) is 18.1 Å². The summed E-state index contributed by atoms with van der Waals surface area (Å²) in [4.78, 5) is 0. The second-order valence-electron chi connectivity index (χ2n) is 2.63. The molecular formula is C8H10BFS. The molecule has 0 aliphatic rings. The van der Waals surface area contributed by atoms with Gasteiger partial charge in [-0.3, -0.25) is 0 Å². The molecule has 0 amide bonds. The third kappa shape index (κ3) is 1.72. The van der Waals surface area contributed by atoms with E-state index < -0.39 is 0 Å². The molecule has 0 unspecified atom stereocenters. The molecule has 0 N–H and O–H groups in total. The van der Waals surface area contributed by atoms with Crippen LogP contribution in [0, 0.1) is 6.92 Å². The Hall–Kier alpha value is -0.565. The summed E-state index contributed by atoms with van der Waals surface area (Å²) in [6, 6.07) is 0. The van der Waals surface area contributed by atoms with Crippen LogP contribution in [0.15, 0.2) is 16.6 Å². The Morgan fingerprint density at radius 1 is 1.55 bits per heavy atom. The predicted octanol–water partition coefficient (Wildman–Crippen LogP) is 2.35. The molecule has 0 saturated carbocycles. The number of halogens is 1. The second-order valence-corrected chi connectivity index (χ2v) is 3.37. The number of hydrogen-bond donors (Lipinski definition) is 0. The van der Waals surface area contributed by atoms with Gasteiger partial charge < -0.3 is 0 Å². The first-order valence-corrected chi connectivity index (χ1v) is 4.43. The van der Waals surface area contributed by atoms with E-state index in [0.29, 0.717) is 0 Å². The van der Waals surface area contributed by atoms with E-state index in [0.717, 1.165) is 16.6 Å². The molecule has 0 nitrogen and oxygen atoms in total. The molecule has 0 atom stereocenters. The maximum atomic E-state index is 12.7. The minimum Gasteiger partial charge on any atom is -0.213 e. The summed E-state index contributed by atoms with van der Waals surface area (Å²) in [5.74, 6) is -0.0912. The predicted molar refractivity (Wildman–Crippen MR) is 51.3 cm³/mol. The molecule has 0 saturated heterocycles. The molecule has 0 aromatic carbocycles. The third-order valence-electron chi connectivity index (χ3n) is 1.78. The van der Waals surface area contributed by atoms with E-state index in [9.17, 15) is 4.39 Å². The number of rotatable bonds is 1. The average Bonchev–Trinajstić information content (AvgIpc) is 2.33. The molecule has 0 spiro atoms. The summed E-state index contributed by atoms with van der Waals surface area (Å²) < 4.78 is 12.7. The maximum Gasteiger partial charge on any atom is 0.143 e. The Morgan fingerprint density at radius 2 is 2.18 bits per heavy atom. The lowest BCUT2D eigenvalue weighted by atomic mass is 9.88. The van der Waals surface area contributed by atoms with Crippen molar-refractivity contribution in [2.75, 3.05) is 0 Å². The van der Waals surface area contributed by atoms with Crippen molar-refractivity contribution in [1.29, 1.82) is 0 Å². The van der Waals surface area contributed by atoms with E-state index >= 15 is 0 Å². The lowest BCUT2D eigenvalue weighted by Gasteiger charge is -1.99. The molecular weight excluding hydrogens is 158 g/mol. The zero-order valence-corrected chi connectivity index (χ0v) is 7.76. The van der Waals surface area contributed by atoms with Gasteiger partial charge in [-0.15, -0.1) is 0 Å². The molecule has 0 aliphatic heterocycles. The van der Waals surface area contributed by atoms with Crippen LogP contribution in [0.5, 0.6) is 0 Å². The van der Waals surface area contributed by atoms with E-state index in [1.54, 1.807) is 11.3 Å². The highest BCUT2D eigenvalue weighted by atomic mass is 32.1.